The molecule has 5 heteroatoms. The molecule has 0 N–H and O–H groups in total. The molecule has 0 radical (unpaired) electrons. The van der Waals surface area contributed by atoms with E-state index in [0.29, 0.717) is 11.1 Å². The van der Waals surface area contributed by atoms with Crippen LogP contribution in [0.1, 0.15) is 36.3 Å². The maximum Gasteiger partial charge on any atom is 0.276 e. The van der Waals surface area contributed by atoms with Crippen molar-refractivity contribution in [2.45, 2.75) is 30.2 Å². The van der Waals surface area contributed by atoms with Gasteiger partial charge in [0.1, 0.15) is 0 Å². The molecular weight excluding hydrogens is 294 g/mol. The molecule has 0 spiro atoms. The summed E-state index contributed by atoms with van der Waals surface area (Å²) >= 11 is 1.55. The summed E-state index contributed by atoms with van der Waals surface area (Å²) in [5.74, 6) is 1.64. The predicted octanol–water partition coefficient (Wildman–Crippen LogP) is 4.30. The van der Waals surface area contributed by atoms with E-state index in [2.05, 4.69) is 34.2 Å². The van der Waals surface area contributed by atoms with Gasteiger partial charge in [-0.1, -0.05) is 49.0 Å². The first-order valence-corrected chi connectivity index (χ1v) is 8.25. The van der Waals surface area contributed by atoms with Crippen molar-refractivity contribution >= 4 is 11.8 Å². The molecule has 1 aromatic carbocycles. The first-order valence-electron chi connectivity index (χ1n) is 7.27. The quantitative estimate of drug-likeness (QED) is 0.635. The number of aromatic nitrogens is 3. The summed E-state index contributed by atoms with van der Waals surface area (Å²) in [5.41, 5.74) is 2.40. The Morgan fingerprint density at radius 3 is 2.55 bits per heavy atom. The van der Waals surface area contributed by atoms with Crippen LogP contribution in [0.25, 0.3) is 0 Å². The van der Waals surface area contributed by atoms with Crippen LogP contribution in [-0.2, 0) is 5.75 Å². The monoisotopic (exact) mass is 311 g/mol. The number of benzene rings is 1. The maximum absolute atomic E-state index is 5.84. The lowest BCUT2D eigenvalue weighted by Crippen LogP contribution is -1.99. The van der Waals surface area contributed by atoms with Crippen LogP contribution in [0.15, 0.2) is 64.5 Å². The number of nitrogens with zero attached hydrogens (tertiary/aromatic N) is 3. The number of hydrogen-bond donors (Lipinski definition) is 0. The van der Waals surface area contributed by atoms with E-state index >= 15 is 0 Å². The van der Waals surface area contributed by atoms with Crippen molar-refractivity contribution < 1.29 is 4.42 Å². The molecule has 0 aliphatic rings. The molecule has 2 aromatic heterocycles. The van der Waals surface area contributed by atoms with E-state index in [1.165, 1.54) is 11.1 Å². The van der Waals surface area contributed by atoms with E-state index in [9.17, 15) is 0 Å². The number of thioether (sulfide) groups is 1. The van der Waals surface area contributed by atoms with Gasteiger partial charge in [-0.15, -0.1) is 10.2 Å². The minimum absolute atomic E-state index is 0.156. The molecule has 4 nitrogen and oxygen atoms in total. The fraction of sp³-hybridized carbons (Fsp3) is 0.235. The highest BCUT2D eigenvalue weighted by Crippen LogP contribution is 2.29. The van der Waals surface area contributed by atoms with Crippen LogP contribution in [0.5, 0.6) is 0 Å². The van der Waals surface area contributed by atoms with Crippen molar-refractivity contribution in [1.82, 2.24) is 15.2 Å². The Kier molecular flexibility index (Phi) is 4.85. The highest BCUT2D eigenvalue weighted by atomic mass is 32.2. The second kappa shape index (κ2) is 7.22. The third-order valence-corrected chi connectivity index (χ3v) is 4.33. The van der Waals surface area contributed by atoms with Crippen LogP contribution >= 0.6 is 11.8 Å². The standard InChI is InChI=1S/C17H17N3OS/c1-2-15(14-6-4-3-5-7-14)16-19-20-17(21-16)22-12-13-8-10-18-11-9-13/h3-11,15H,2,12H2,1H3/t15-/m1/s1. The summed E-state index contributed by atoms with van der Waals surface area (Å²) in [5, 5.41) is 8.99. The molecule has 0 saturated carbocycles. The Hall–Kier alpha value is -2.14. The van der Waals surface area contributed by atoms with Gasteiger partial charge < -0.3 is 4.42 Å². The fourth-order valence-electron chi connectivity index (χ4n) is 2.28. The van der Waals surface area contributed by atoms with Crippen LogP contribution in [0.2, 0.25) is 0 Å². The van der Waals surface area contributed by atoms with Gasteiger partial charge in [-0.2, -0.15) is 0 Å². The molecule has 1 atom stereocenters. The molecule has 3 aromatic rings. The smallest absolute Gasteiger partial charge is 0.276 e. The summed E-state index contributed by atoms with van der Waals surface area (Å²) in [6.07, 6.45) is 4.51. The van der Waals surface area contributed by atoms with Crippen molar-refractivity contribution in [3.8, 4) is 0 Å². The molecule has 0 aliphatic heterocycles. The highest BCUT2D eigenvalue weighted by Gasteiger charge is 2.19. The molecule has 3 rings (SSSR count). The molecule has 0 amide bonds. The van der Waals surface area contributed by atoms with Gasteiger partial charge >= 0.3 is 0 Å². The summed E-state index contributed by atoms with van der Waals surface area (Å²) < 4.78 is 5.84. The first-order chi connectivity index (χ1) is 10.9. The van der Waals surface area contributed by atoms with Gasteiger partial charge in [-0.3, -0.25) is 4.98 Å². The minimum Gasteiger partial charge on any atom is -0.415 e. The lowest BCUT2D eigenvalue weighted by molar-refractivity contribution is 0.395. The zero-order valence-electron chi connectivity index (χ0n) is 12.3. The van der Waals surface area contributed by atoms with Crippen molar-refractivity contribution in [3.05, 3.63) is 71.9 Å². The van der Waals surface area contributed by atoms with E-state index in [1.807, 2.05) is 30.3 Å². The van der Waals surface area contributed by atoms with Crippen LogP contribution in [0, 0.1) is 0 Å². The third kappa shape index (κ3) is 3.54. The normalized spacial score (nSPS) is 12.2. The summed E-state index contributed by atoms with van der Waals surface area (Å²) in [7, 11) is 0. The second-order valence-electron chi connectivity index (χ2n) is 4.92. The molecule has 0 fully saturated rings. The molecule has 0 unspecified atom stereocenters. The van der Waals surface area contributed by atoms with Gasteiger partial charge in [0.15, 0.2) is 0 Å². The molecule has 0 saturated heterocycles. The Bertz CT molecular complexity index is 700. The lowest BCUT2D eigenvalue weighted by atomic mass is 9.97. The van der Waals surface area contributed by atoms with Crippen molar-refractivity contribution in [2.75, 3.05) is 0 Å². The molecule has 0 bridgehead atoms. The predicted molar refractivity (Wildman–Crippen MR) is 86.7 cm³/mol. The fourth-order valence-corrected chi connectivity index (χ4v) is 3.01. The average molecular weight is 311 g/mol. The minimum atomic E-state index is 0.156. The zero-order chi connectivity index (χ0) is 15.2. The Balaban J connectivity index is 1.70. The van der Waals surface area contributed by atoms with Crippen LogP contribution < -0.4 is 0 Å². The van der Waals surface area contributed by atoms with Gasteiger partial charge in [0.2, 0.25) is 5.89 Å². The van der Waals surface area contributed by atoms with Crippen molar-refractivity contribution in [3.63, 3.8) is 0 Å². The lowest BCUT2D eigenvalue weighted by Gasteiger charge is -2.10. The van der Waals surface area contributed by atoms with E-state index in [-0.39, 0.29) is 5.92 Å². The topological polar surface area (TPSA) is 51.8 Å². The maximum atomic E-state index is 5.84. The Morgan fingerprint density at radius 1 is 1.05 bits per heavy atom. The number of pyridine rings is 1. The summed E-state index contributed by atoms with van der Waals surface area (Å²) in [6.45, 7) is 2.13. The van der Waals surface area contributed by atoms with E-state index in [0.717, 1.165) is 12.2 Å². The molecule has 112 valence electrons. The first kappa shape index (κ1) is 14.8. The molecular formula is C17H17N3OS. The Labute approximate surface area is 134 Å². The second-order valence-corrected chi connectivity index (χ2v) is 5.85. The molecule has 22 heavy (non-hydrogen) atoms. The third-order valence-electron chi connectivity index (χ3n) is 3.44. The number of hydrogen-bond acceptors (Lipinski definition) is 5. The summed E-state index contributed by atoms with van der Waals surface area (Å²) in [4.78, 5) is 4.01. The largest absolute Gasteiger partial charge is 0.415 e. The van der Waals surface area contributed by atoms with E-state index in [1.54, 1.807) is 24.2 Å². The van der Waals surface area contributed by atoms with Crippen LogP contribution in [0.4, 0.5) is 0 Å². The van der Waals surface area contributed by atoms with E-state index < -0.39 is 0 Å². The zero-order valence-corrected chi connectivity index (χ0v) is 13.2. The SMILES string of the molecule is CC[C@H](c1ccccc1)c1nnc(SCc2ccncc2)o1. The van der Waals surface area contributed by atoms with Crippen molar-refractivity contribution in [2.24, 2.45) is 0 Å². The van der Waals surface area contributed by atoms with Crippen LogP contribution in [-0.4, -0.2) is 15.2 Å². The highest BCUT2D eigenvalue weighted by molar-refractivity contribution is 7.98. The van der Waals surface area contributed by atoms with Crippen LogP contribution in [0.3, 0.4) is 0 Å². The summed E-state index contributed by atoms with van der Waals surface area (Å²) in [6, 6.07) is 14.3. The van der Waals surface area contributed by atoms with Gasteiger partial charge in [-0.25, -0.2) is 0 Å². The van der Waals surface area contributed by atoms with Crippen molar-refractivity contribution in [1.29, 1.82) is 0 Å². The van der Waals surface area contributed by atoms with Gasteiger partial charge in [0.05, 0.1) is 5.92 Å². The molecule has 2 heterocycles. The van der Waals surface area contributed by atoms with E-state index in [4.69, 9.17) is 4.42 Å². The van der Waals surface area contributed by atoms with Gasteiger partial charge in [0, 0.05) is 18.1 Å². The van der Waals surface area contributed by atoms with Gasteiger partial charge in [-0.05, 0) is 29.7 Å². The van der Waals surface area contributed by atoms with Gasteiger partial charge in [0.25, 0.3) is 5.22 Å². The molecule has 0 aliphatic carbocycles. The average Bonchev–Trinajstić information content (AvgIpc) is 3.04. The Morgan fingerprint density at radius 2 is 1.82 bits per heavy atom. The number of rotatable bonds is 6.